The summed E-state index contributed by atoms with van der Waals surface area (Å²) in [7, 11) is 0. The van der Waals surface area contributed by atoms with Gasteiger partial charge in [0.15, 0.2) is 0 Å². The summed E-state index contributed by atoms with van der Waals surface area (Å²) in [6.07, 6.45) is 7.28. The van der Waals surface area contributed by atoms with E-state index in [0.717, 1.165) is 31.5 Å². The fourth-order valence-electron chi connectivity index (χ4n) is 3.23. The predicted octanol–water partition coefficient (Wildman–Crippen LogP) is 3.22. The molecule has 1 aliphatic carbocycles. The normalized spacial score (nSPS) is 20.8. The summed E-state index contributed by atoms with van der Waals surface area (Å²) < 4.78 is 0. The third kappa shape index (κ3) is 2.03. The van der Waals surface area contributed by atoms with Crippen LogP contribution in [-0.4, -0.2) is 23.9 Å². The van der Waals surface area contributed by atoms with Gasteiger partial charge in [0, 0.05) is 13.1 Å². The molecule has 0 atom stereocenters. The first kappa shape index (κ1) is 12.0. The van der Waals surface area contributed by atoms with Crippen LogP contribution in [0.25, 0.3) is 0 Å². The lowest BCUT2D eigenvalue weighted by Crippen LogP contribution is -2.28. The van der Waals surface area contributed by atoms with E-state index in [4.69, 9.17) is 5.73 Å². The van der Waals surface area contributed by atoms with E-state index >= 15 is 0 Å². The number of anilines is 1. The van der Waals surface area contributed by atoms with Crippen LogP contribution in [0, 0.1) is 0 Å². The number of rotatable bonds is 2. The molecule has 18 heavy (non-hydrogen) atoms. The van der Waals surface area contributed by atoms with Crippen LogP contribution in [0.4, 0.5) is 5.00 Å². The molecule has 0 radical (unpaired) electrons. The fraction of sp³-hybridized carbons (Fsp3) is 0.643. The van der Waals surface area contributed by atoms with Crippen LogP contribution < -0.4 is 5.73 Å². The van der Waals surface area contributed by atoms with Crippen LogP contribution in [-0.2, 0) is 0 Å². The number of nitrogen functional groups attached to an aromatic ring is 1. The van der Waals surface area contributed by atoms with Crippen molar-refractivity contribution in [3.8, 4) is 0 Å². The van der Waals surface area contributed by atoms with Crippen molar-refractivity contribution in [3.63, 3.8) is 0 Å². The van der Waals surface area contributed by atoms with Gasteiger partial charge in [-0.25, -0.2) is 0 Å². The molecule has 0 aromatic carbocycles. The number of hydrogen-bond donors (Lipinski definition) is 1. The molecule has 1 saturated heterocycles. The highest BCUT2D eigenvalue weighted by Gasteiger charge is 2.29. The Bertz CT molecular complexity index is 443. The summed E-state index contributed by atoms with van der Waals surface area (Å²) >= 11 is 1.54. The van der Waals surface area contributed by atoms with Gasteiger partial charge in [-0.2, -0.15) is 0 Å². The van der Waals surface area contributed by atoms with Crippen LogP contribution in [0.2, 0.25) is 0 Å². The standard InChI is InChI=1S/C14H20N2OS/c15-13-12(14(17)16-7-3-4-8-16)11(9-18-13)10-5-1-2-6-10/h9-10H,1-8,15H2. The maximum absolute atomic E-state index is 12.6. The Hall–Kier alpha value is -1.03. The lowest BCUT2D eigenvalue weighted by atomic mass is 9.96. The Morgan fingerprint density at radius 2 is 1.89 bits per heavy atom. The first-order valence-corrected chi connectivity index (χ1v) is 7.81. The van der Waals surface area contributed by atoms with Gasteiger partial charge in [0.05, 0.1) is 10.6 Å². The molecule has 3 nitrogen and oxygen atoms in total. The van der Waals surface area contributed by atoms with Crippen molar-refractivity contribution >= 4 is 22.2 Å². The second kappa shape index (κ2) is 4.92. The molecule has 1 amide bonds. The molecule has 1 aromatic heterocycles. The van der Waals surface area contributed by atoms with Gasteiger partial charge < -0.3 is 10.6 Å². The second-order valence-corrected chi connectivity index (χ2v) is 6.32. The van der Waals surface area contributed by atoms with Crippen LogP contribution in [0.5, 0.6) is 0 Å². The van der Waals surface area contributed by atoms with E-state index in [0.29, 0.717) is 10.9 Å². The van der Waals surface area contributed by atoms with Gasteiger partial charge in [0.25, 0.3) is 5.91 Å². The molecule has 0 unspecified atom stereocenters. The average Bonchev–Trinajstić information content (AvgIpc) is 3.10. The van der Waals surface area contributed by atoms with Crippen molar-refractivity contribution in [2.45, 2.75) is 44.4 Å². The van der Waals surface area contributed by atoms with Gasteiger partial charge >= 0.3 is 0 Å². The van der Waals surface area contributed by atoms with Gasteiger partial charge in [0.1, 0.15) is 0 Å². The van der Waals surface area contributed by atoms with Crippen molar-refractivity contribution in [1.29, 1.82) is 0 Å². The van der Waals surface area contributed by atoms with E-state index in [1.54, 1.807) is 0 Å². The minimum absolute atomic E-state index is 0.174. The van der Waals surface area contributed by atoms with Gasteiger partial charge in [-0.05, 0) is 42.5 Å². The molecule has 2 heterocycles. The topological polar surface area (TPSA) is 46.3 Å². The van der Waals surface area contributed by atoms with Crippen molar-refractivity contribution < 1.29 is 4.79 Å². The number of nitrogens with zero attached hydrogens (tertiary/aromatic N) is 1. The maximum atomic E-state index is 12.6. The number of amides is 1. The molecule has 1 saturated carbocycles. The van der Waals surface area contributed by atoms with Gasteiger partial charge in [-0.15, -0.1) is 11.3 Å². The lowest BCUT2D eigenvalue weighted by Gasteiger charge is -2.18. The number of nitrogens with two attached hydrogens (primary N) is 1. The van der Waals surface area contributed by atoms with E-state index in [1.165, 1.54) is 42.6 Å². The summed E-state index contributed by atoms with van der Waals surface area (Å²) in [4.78, 5) is 14.5. The molecular weight excluding hydrogens is 244 g/mol. The first-order chi connectivity index (χ1) is 8.77. The molecular formula is C14H20N2OS. The van der Waals surface area contributed by atoms with Crippen LogP contribution in [0.1, 0.15) is 60.4 Å². The summed E-state index contributed by atoms with van der Waals surface area (Å²) in [5.74, 6) is 0.744. The zero-order valence-electron chi connectivity index (χ0n) is 10.7. The first-order valence-electron chi connectivity index (χ1n) is 6.93. The van der Waals surface area contributed by atoms with Gasteiger partial charge in [-0.3, -0.25) is 4.79 Å². The molecule has 4 heteroatoms. The number of thiophene rings is 1. The minimum atomic E-state index is 0.174. The van der Waals surface area contributed by atoms with Crippen molar-refractivity contribution in [1.82, 2.24) is 4.90 Å². The Balaban J connectivity index is 1.89. The SMILES string of the molecule is Nc1scc(C2CCCC2)c1C(=O)N1CCCC1. The molecule has 0 spiro atoms. The number of carbonyl (C=O) groups is 1. The zero-order valence-corrected chi connectivity index (χ0v) is 11.5. The smallest absolute Gasteiger partial charge is 0.257 e. The zero-order chi connectivity index (χ0) is 12.5. The van der Waals surface area contributed by atoms with Crippen LogP contribution in [0.3, 0.4) is 0 Å². The monoisotopic (exact) mass is 264 g/mol. The highest BCUT2D eigenvalue weighted by atomic mass is 32.1. The minimum Gasteiger partial charge on any atom is -0.390 e. The largest absolute Gasteiger partial charge is 0.390 e. The summed E-state index contributed by atoms with van der Waals surface area (Å²) in [6, 6.07) is 0. The molecule has 3 rings (SSSR count). The Kier molecular flexibility index (Phi) is 3.29. The Morgan fingerprint density at radius 3 is 2.56 bits per heavy atom. The third-order valence-corrected chi connectivity index (χ3v) is 5.08. The van der Waals surface area contributed by atoms with Crippen molar-refractivity contribution in [2.24, 2.45) is 0 Å². The van der Waals surface area contributed by atoms with E-state index in [-0.39, 0.29) is 5.91 Å². The van der Waals surface area contributed by atoms with Crippen molar-refractivity contribution in [3.05, 3.63) is 16.5 Å². The van der Waals surface area contributed by atoms with Crippen LogP contribution in [0.15, 0.2) is 5.38 Å². The summed E-state index contributed by atoms with van der Waals surface area (Å²) in [5, 5.41) is 2.84. The highest BCUT2D eigenvalue weighted by Crippen LogP contribution is 2.40. The predicted molar refractivity (Wildman–Crippen MR) is 75.1 cm³/mol. The summed E-state index contributed by atoms with van der Waals surface area (Å²) in [5.41, 5.74) is 8.10. The van der Waals surface area contributed by atoms with Crippen LogP contribution >= 0.6 is 11.3 Å². The second-order valence-electron chi connectivity index (χ2n) is 5.41. The van der Waals surface area contributed by atoms with Crippen molar-refractivity contribution in [2.75, 3.05) is 18.8 Å². The molecule has 2 N–H and O–H groups in total. The quantitative estimate of drug-likeness (QED) is 0.891. The van der Waals surface area contributed by atoms with Gasteiger partial charge in [-0.1, -0.05) is 12.8 Å². The molecule has 98 valence electrons. The number of carbonyl (C=O) groups excluding carboxylic acids is 1. The number of likely N-dealkylation sites (tertiary alicyclic amines) is 1. The third-order valence-electron chi connectivity index (χ3n) is 4.25. The summed E-state index contributed by atoms with van der Waals surface area (Å²) in [6.45, 7) is 1.80. The van der Waals surface area contributed by atoms with Gasteiger partial charge in [0.2, 0.25) is 0 Å². The lowest BCUT2D eigenvalue weighted by molar-refractivity contribution is 0.0793. The Morgan fingerprint density at radius 1 is 1.22 bits per heavy atom. The van der Waals surface area contributed by atoms with E-state index < -0.39 is 0 Å². The Labute approximate surface area is 112 Å². The van der Waals surface area contributed by atoms with E-state index in [1.807, 2.05) is 4.90 Å². The average molecular weight is 264 g/mol. The molecule has 1 aromatic rings. The van der Waals surface area contributed by atoms with E-state index in [9.17, 15) is 4.79 Å². The number of hydrogen-bond acceptors (Lipinski definition) is 3. The molecule has 2 fully saturated rings. The maximum Gasteiger partial charge on any atom is 0.257 e. The molecule has 2 aliphatic rings. The molecule has 1 aliphatic heterocycles. The molecule has 0 bridgehead atoms. The highest BCUT2D eigenvalue weighted by molar-refractivity contribution is 7.14. The fourth-order valence-corrected chi connectivity index (χ4v) is 4.12. The van der Waals surface area contributed by atoms with E-state index in [2.05, 4.69) is 5.38 Å².